The van der Waals surface area contributed by atoms with Crippen molar-refractivity contribution in [2.75, 3.05) is 6.61 Å². The van der Waals surface area contributed by atoms with Crippen LogP contribution in [0.15, 0.2) is 24.3 Å². The second-order valence-electron chi connectivity index (χ2n) is 7.35. The van der Waals surface area contributed by atoms with Crippen LogP contribution in [0.5, 0.6) is 0 Å². The molecule has 0 bridgehead atoms. The molecule has 7 N–H and O–H groups in total. The predicted octanol–water partition coefficient (Wildman–Crippen LogP) is 1.88. The van der Waals surface area contributed by atoms with Gasteiger partial charge in [0.1, 0.15) is 6.10 Å². The summed E-state index contributed by atoms with van der Waals surface area (Å²) in [5.74, 6) is -1.57. The third-order valence-corrected chi connectivity index (χ3v) is 4.80. The molecule has 28 heavy (non-hydrogen) atoms. The second-order valence-corrected chi connectivity index (χ2v) is 7.35. The fourth-order valence-electron chi connectivity index (χ4n) is 2.77. The maximum Gasteiger partial charge on any atom is 0.328 e. The molecule has 0 spiro atoms. The molecule has 0 aromatic heterocycles. The van der Waals surface area contributed by atoms with Crippen LogP contribution in [0.1, 0.15) is 71.1 Å². The zero-order valence-electron chi connectivity index (χ0n) is 17.0. The van der Waals surface area contributed by atoms with E-state index in [4.69, 9.17) is 15.9 Å². The van der Waals surface area contributed by atoms with Crippen LogP contribution in [0, 0.1) is 0 Å². The van der Waals surface area contributed by atoms with E-state index in [1.165, 1.54) is 19.3 Å². The van der Waals surface area contributed by atoms with Gasteiger partial charge in [-0.15, -0.1) is 0 Å². The monoisotopic (exact) mass is 401 g/mol. The van der Waals surface area contributed by atoms with Crippen molar-refractivity contribution in [2.45, 2.75) is 95.0 Å². The summed E-state index contributed by atoms with van der Waals surface area (Å²) in [5, 5.41) is 47.6. The number of hydrogen-bond acceptors (Lipinski definition) is 6. The molecule has 0 aromatic carbocycles. The quantitative estimate of drug-likeness (QED) is 0.161. The Morgan fingerprint density at radius 2 is 1.64 bits per heavy atom. The van der Waals surface area contributed by atoms with Gasteiger partial charge >= 0.3 is 5.97 Å². The fraction of sp³-hybridized carbons (Fsp3) is 0.762. The number of nitrogens with two attached hydrogens (primary N) is 1. The minimum absolute atomic E-state index is 0.0531. The summed E-state index contributed by atoms with van der Waals surface area (Å²) in [7, 11) is 0. The molecule has 164 valence electrons. The molecule has 7 heteroatoms. The molecule has 0 aliphatic heterocycles. The Balaban J connectivity index is 3.90. The summed E-state index contributed by atoms with van der Waals surface area (Å²) in [5.41, 5.74) is 3.16. The lowest BCUT2D eigenvalue weighted by Gasteiger charge is -2.30. The molecular formula is C21H39NO6. The van der Waals surface area contributed by atoms with Crippen LogP contribution in [0.3, 0.4) is 0 Å². The van der Waals surface area contributed by atoms with E-state index in [0.717, 1.165) is 38.5 Å². The average molecular weight is 402 g/mol. The van der Waals surface area contributed by atoms with Gasteiger partial charge in [-0.05, 0) is 38.5 Å². The van der Waals surface area contributed by atoms with Crippen molar-refractivity contribution >= 4 is 5.97 Å². The summed E-state index contributed by atoms with van der Waals surface area (Å²) >= 11 is 0. The SMILES string of the molecule is CCCCCCC(O)C=CCCCCC=CCC(O)C(O)C(N)(CO)C(=O)O. The second kappa shape index (κ2) is 15.6. The number of aliphatic hydroxyl groups is 4. The molecule has 0 aromatic rings. The first-order chi connectivity index (χ1) is 13.3. The third kappa shape index (κ3) is 10.9. The molecule has 7 nitrogen and oxygen atoms in total. The molecular weight excluding hydrogens is 362 g/mol. The summed E-state index contributed by atoms with van der Waals surface area (Å²) in [4.78, 5) is 11.0. The van der Waals surface area contributed by atoms with Gasteiger partial charge in [0, 0.05) is 0 Å². The molecule has 0 rings (SSSR count). The fourth-order valence-corrected chi connectivity index (χ4v) is 2.77. The highest BCUT2D eigenvalue weighted by Crippen LogP contribution is 2.14. The predicted molar refractivity (Wildman–Crippen MR) is 110 cm³/mol. The van der Waals surface area contributed by atoms with E-state index in [1.807, 2.05) is 18.2 Å². The molecule has 0 aliphatic rings. The minimum atomic E-state index is -2.28. The van der Waals surface area contributed by atoms with Crippen molar-refractivity contribution in [3.05, 3.63) is 24.3 Å². The number of allylic oxidation sites excluding steroid dienone is 2. The standard InChI is InChI=1S/C21H39NO6/c1-2-3-4-10-13-17(24)14-11-8-6-5-7-9-12-15-18(25)19(26)21(22,16-23)20(27)28/h9,11-12,14,17-19,23-26H,2-8,10,13,15-16,22H2,1H3,(H,27,28). The van der Waals surface area contributed by atoms with Crippen LogP contribution in [0.2, 0.25) is 0 Å². The number of rotatable bonds is 17. The smallest absolute Gasteiger partial charge is 0.328 e. The van der Waals surface area contributed by atoms with E-state index in [9.17, 15) is 20.1 Å². The van der Waals surface area contributed by atoms with Gasteiger partial charge in [0.2, 0.25) is 0 Å². The zero-order valence-corrected chi connectivity index (χ0v) is 17.0. The summed E-state index contributed by atoms with van der Waals surface area (Å²) in [6.07, 6.45) is 13.0. The van der Waals surface area contributed by atoms with Gasteiger partial charge in [0.05, 0.1) is 18.8 Å². The number of aliphatic carboxylic acids is 1. The number of carboxylic acid groups (broad SMARTS) is 1. The van der Waals surface area contributed by atoms with Gasteiger partial charge in [-0.3, -0.25) is 4.79 Å². The van der Waals surface area contributed by atoms with Crippen molar-refractivity contribution in [2.24, 2.45) is 5.73 Å². The highest BCUT2D eigenvalue weighted by molar-refractivity contribution is 5.79. The highest BCUT2D eigenvalue weighted by Gasteiger charge is 2.44. The zero-order chi connectivity index (χ0) is 21.4. The molecule has 0 aliphatic carbocycles. The third-order valence-electron chi connectivity index (χ3n) is 4.80. The van der Waals surface area contributed by atoms with E-state index < -0.39 is 30.3 Å². The molecule has 4 unspecified atom stereocenters. The molecule has 0 heterocycles. The topological polar surface area (TPSA) is 144 Å². The summed E-state index contributed by atoms with van der Waals surface area (Å²) in [6.45, 7) is 1.20. The Morgan fingerprint density at radius 3 is 2.21 bits per heavy atom. The minimum Gasteiger partial charge on any atom is -0.480 e. The summed E-state index contributed by atoms with van der Waals surface area (Å²) < 4.78 is 0. The first-order valence-corrected chi connectivity index (χ1v) is 10.3. The Kier molecular flexibility index (Phi) is 14.9. The van der Waals surface area contributed by atoms with E-state index in [2.05, 4.69) is 6.92 Å². The molecule has 0 amide bonds. The molecule has 0 saturated heterocycles. The maximum atomic E-state index is 11.0. The van der Waals surface area contributed by atoms with Gasteiger partial charge in [-0.25, -0.2) is 0 Å². The van der Waals surface area contributed by atoms with Gasteiger partial charge in [0.15, 0.2) is 5.54 Å². The maximum absolute atomic E-state index is 11.0. The Morgan fingerprint density at radius 1 is 1.00 bits per heavy atom. The Hall–Kier alpha value is -1.25. The number of carboxylic acids is 1. The van der Waals surface area contributed by atoms with Crippen LogP contribution < -0.4 is 5.73 Å². The van der Waals surface area contributed by atoms with E-state index in [0.29, 0.717) is 0 Å². The summed E-state index contributed by atoms with van der Waals surface area (Å²) in [6, 6.07) is 0. The van der Waals surface area contributed by atoms with Crippen molar-refractivity contribution < 1.29 is 30.3 Å². The molecule has 4 atom stereocenters. The largest absolute Gasteiger partial charge is 0.480 e. The van der Waals surface area contributed by atoms with Crippen LogP contribution in [-0.4, -0.2) is 62.0 Å². The van der Waals surface area contributed by atoms with Gasteiger partial charge in [0.25, 0.3) is 0 Å². The Bertz CT molecular complexity index is 468. The van der Waals surface area contributed by atoms with Gasteiger partial charge in [-0.1, -0.05) is 56.9 Å². The highest BCUT2D eigenvalue weighted by atomic mass is 16.4. The van der Waals surface area contributed by atoms with E-state index >= 15 is 0 Å². The molecule has 0 saturated carbocycles. The van der Waals surface area contributed by atoms with E-state index in [1.54, 1.807) is 6.08 Å². The number of aliphatic hydroxyl groups excluding tert-OH is 4. The lowest BCUT2D eigenvalue weighted by atomic mass is 9.89. The lowest BCUT2D eigenvalue weighted by Crippen LogP contribution is -2.63. The number of unbranched alkanes of at least 4 members (excludes halogenated alkanes) is 6. The number of hydrogen-bond donors (Lipinski definition) is 6. The molecule has 0 fully saturated rings. The first kappa shape index (κ1) is 26.8. The van der Waals surface area contributed by atoms with Crippen LogP contribution in [0.25, 0.3) is 0 Å². The van der Waals surface area contributed by atoms with Crippen molar-refractivity contribution in [3.8, 4) is 0 Å². The Labute approximate surface area is 168 Å². The number of carbonyl (C=O) groups is 1. The lowest BCUT2D eigenvalue weighted by molar-refractivity contribution is -0.154. The molecule has 0 radical (unpaired) electrons. The van der Waals surface area contributed by atoms with Crippen molar-refractivity contribution in [1.82, 2.24) is 0 Å². The van der Waals surface area contributed by atoms with E-state index in [-0.39, 0.29) is 12.5 Å². The normalized spacial score (nSPS) is 17.6. The van der Waals surface area contributed by atoms with Crippen LogP contribution in [0.4, 0.5) is 0 Å². The van der Waals surface area contributed by atoms with Crippen LogP contribution >= 0.6 is 0 Å². The van der Waals surface area contributed by atoms with Crippen molar-refractivity contribution in [3.63, 3.8) is 0 Å². The first-order valence-electron chi connectivity index (χ1n) is 10.3. The van der Waals surface area contributed by atoms with Crippen molar-refractivity contribution in [1.29, 1.82) is 0 Å². The van der Waals surface area contributed by atoms with Crippen LogP contribution in [-0.2, 0) is 4.79 Å². The average Bonchev–Trinajstić information content (AvgIpc) is 2.68. The van der Waals surface area contributed by atoms with Gasteiger partial charge in [-0.2, -0.15) is 0 Å². The van der Waals surface area contributed by atoms with Gasteiger partial charge < -0.3 is 31.3 Å².